The fraction of sp³-hybridized carbons (Fsp3) is 0.273. The van der Waals surface area contributed by atoms with Gasteiger partial charge in [-0.15, -0.1) is 0 Å². The molecule has 1 aromatic carbocycles. The number of aryl methyl sites for hydroxylation is 1. The molecular weight excluding hydrogens is 212 g/mol. The van der Waals surface area contributed by atoms with Crippen molar-refractivity contribution in [3.8, 4) is 10.8 Å². The Kier molecular flexibility index (Phi) is 4.56. The first-order valence-electron chi connectivity index (χ1n) is 4.06. The van der Waals surface area contributed by atoms with Crippen LogP contribution in [0.4, 0.5) is 0 Å². The van der Waals surface area contributed by atoms with Crippen molar-refractivity contribution in [3.05, 3.63) is 35.9 Å². The van der Waals surface area contributed by atoms with Gasteiger partial charge in [0.25, 0.3) is 0 Å². The summed E-state index contributed by atoms with van der Waals surface area (Å²) < 4.78 is 0. The quantitative estimate of drug-likeness (QED) is 0.544. The molecule has 1 aromatic rings. The maximum atomic E-state index is 3.07. The van der Waals surface area contributed by atoms with E-state index in [2.05, 4.69) is 50.9 Å². The van der Waals surface area contributed by atoms with Crippen molar-refractivity contribution in [2.24, 2.45) is 0 Å². The third-order valence-electron chi connectivity index (χ3n) is 1.68. The second kappa shape index (κ2) is 5.85. The summed E-state index contributed by atoms with van der Waals surface area (Å²) in [6.07, 6.45) is 3.24. The van der Waals surface area contributed by atoms with Crippen molar-refractivity contribution in [1.82, 2.24) is 0 Å². The van der Waals surface area contributed by atoms with Gasteiger partial charge in [-0.05, 0) is 23.2 Å². The molecule has 62 valence electrons. The van der Waals surface area contributed by atoms with Crippen molar-refractivity contribution in [2.75, 3.05) is 0 Å². The third kappa shape index (κ3) is 3.59. The summed E-state index contributed by atoms with van der Waals surface area (Å²) in [5.41, 5.74) is 1.40. The van der Waals surface area contributed by atoms with E-state index in [0.717, 1.165) is 19.3 Å². The average Bonchev–Trinajstić information content (AvgIpc) is 2.14. The van der Waals surface area contributed by atoms with Crippen LogP contribution in [-0.4, -0.2) is 0 Å². The van der Waals surface area contributed by atoms with Gasteiger partial charge in [-0.25, -0.2) is 0 Å². The highest BCUT2D eigenvalue weighted by atomic mass is 79.9. The monoisotopic (exact) mass is 222 g/mol. The number of unbranched alkanes of at least 4 members (excludes halogenated alkanes) is 1. The van der Waals surface area contributed by atoms with E-state index >= 15 is 0 Å². The predicted octanol–water partition coefficient (Wildman–Crippen LogP) is 3.37. The zero-order valence-corrected chi connectivity index (χ0v) is 8.47. The second-order valence-electron chi connectivity index (χ2n) is 2.61. The van der Waals surface area contributed by atoms with E-state index in [1.807, 2.05) is 6.07 Å². The number of benzene rings is 1. The zero-order chi connectivity index (χ0) is 8.65. The molecule has 0 N–H and O–H groups in total. The molecule has 0 bridgehead atoms. The maximum Gasteiger partial charge on any atom is 0.0106 e. The summed E-state index contributed by atoms with van der Waals surface area (Å²) in [5.74, 6) is 2.99. The van der Waals surface area contributed by atoms with Gasteiger partial charge in [0.15, 0.2) is 0 Å². The number of hydrogen-bond donors (Lipinski definition) is 0. The highest BCUT2D eigenvalue weighted by Crippen LogP contribution is 2.03. The lowest BCUT2D eigenvalue weighted by Gasteiger charge is -1.96. The van der Waals surface area contributed by atoms with Gasteiger partial charge in [-0.2, -0.15) is 0 Å². The SMILES string of the molecule is BrC#CCCCc1ccccc1. The number of halogens is 1. The highest BCUT2D eigenvalue weighted by molar-refractivity contribution is 9.12. The lowest BCUT2D eigenvalue weighted by Crippen LogP contribution is -1.82. The minimum atomic E-state index is 0.972. The molecule has 0 aliphatic carbocycles. The summed E-state index contributed by atoms with van der Waals surface area (Å²) in [6.45, 7) is 0. The van der Waals surface area contributed by atoms with Gasteiger partial charge in [-0.3, -0.25) is 0 Å². The first-order valence-corrected chi connectivity index (χ1v) is 4.85. The molecule has 0 atom stereocenters. The molecule has 0 unspecified atom stereocenters. The van der Waals surface area contributed by atoms with Gasteiger partial charge in [-0.1, -0.05) is 36.3 Å². The summed E-state index contributed by atoms with van der Waals surface area (Å²) in [7, 11) is 0. The molecule has 0 nitrogen and oxygen atoms in total. The Labute approximate surface area is 82.1 Å². The van der Waals surface area contributed by atoms with Crippen LogP contribution in [0.2, 0.25) is 0 Å². The van der Waals surface area contributed by atoms with Gasteiger partial charge in [0.05, 0.1) is 0 Å². The van der Waals surface area contributed by atoms with E-state index in [1.165, 1.54) is 5.56 Å². The largest absolute Gasteiger partial charge is 0.0908 e. The fourth-order valence-corrected chi connectivity index (χ4v) is 1.27. The fourth-order valence-electron chi connectivity index (χ4n) is 1.07. The normalized spacial score (nSPS) is 8.75. The summed E-state index contributed by atoms with van der Waals surface area (Å²) >= 11 is 3.07. The van der Waals surface area contributed by atoms with Gasteiger partial charge < -0.3 is 0 Å². The van der Waals surface area contributed by atoms with Crippen LogP contribution < -0.4 is 0 Å². The Morgan fingerprint density at radius 3 is 2.58 bits per heavy atom. The predicted molar refractivity (Wildman–Crippen MR) is 56.1 cm³/mol. The van der Waals surface area contributed by atoms with Crippen LogP contribution in [0.15, 0.2) is 30.3 Å². The van der Waals surface area contributed by atoms with Gasteiger partial charge in [0.1, 0.15) is 0 Å². The smallest absolute Gasteiger partial charge is 0.0106 e. The molecule has 0 saturated carbocycles. The molecule has 0 heterocycles. The van der Waals surface area contributed by atoms with Crippen molar-refractivity contribution >= 4 is 15.9 Å². The average molecular weight is 223 g/mol. The molecule has 0 aromatic heterocycles. The second-order valence-corrected chi connectivity index (χ2v) is 3.01. The maximum absolute atomic E-state index is 3.07. The van der Waals surface area contributed by atoms with Gasteiger partial charge in [0, 0.05) is 22.4 Å². The lowest BCUT2D eigenvalue weighted by molar-refractivity contribution is 0.858. The van der Waals surface area contributed by atoms with E-state index in [4.69, 9.17) is 0 Å². The van der Waals surface area contributed by atoms with Crippen LogP contribution in [0, 0.1) is 10.8 Å². The molecular formula is C11H11Br. The molecule has 0 amide bonds. The summed E-state index contributed by atoms with van der Waals surface area (Å²) in [4.78, 5) is 2.72. The minimum Gasteiger partial charge on any atom is -0.0908 e. The van der Waals surface area contributed by atoms with Crippen LogP contribution in [0.25, 0.3) is 0 Å². The summed E-state index contributed by atoms with van der Waals surface area (Å²) in [6, 6.07) is 10.5. The lowest BCUT2D eigenvalue weighted by atomic mass is 10.1. The topological polar surface area (TPSA) is 0 Å². The first-order chi connectivity index (χ1) is 5.93. The van der Waals surface area contributed by atoms with E-state index < -0.39 is 0 Å². The van der Waals surface area contributed by atoms with Crippen molar-refractivity contribution in [1.29, 1.82) is 0 Å². The van der Waals surface area contributed by atoms with E-state index in [1.54, 1.807) is 0 Å². The number of hydrogen-bond acceptors (Lipinski definition) is 0. The van der Waals surface area contributed by atoms with Gasteiger partial charge >= 0.3 is 0 Å². The van der Waals surface area contributed by atoms with E-state index in [9.17, 15) is 0 Å². The number of rotatable bonds is 3. The molecule has 0 fully saturated rings. The molecule has 0 spiro atoms. The van der Waals surface area contributed by atoms with Crippen LogP contribution in [0.1, 0.15) is 18.4 Å². The Bertz CT molecular complexity index is 266. The molecule has 0 aliphatic rings. The highest BCUT2D eigenvalue weighted by Gasteiger charge is 1.88. The molecule has 1 heteroatoms. The Hall–Kier alpha value is -0.740. The van der Waals surface area contributed by atoms with E-state index in [0.29, 0.717) is 0 Å². The van der Waals surface area contributed by atoms with Crippen LogP contribution >= 0.6 is 15.9 Å². The van der Waals surface area contributed by atoms with Gasteiger partial charge in [0.2, 0.25) is 0 Å². The van der Waals surface area contributed by atoms with Crippen LogP contribution in [0.3, 0.4) is 0 Å². The molecule has 0 saturated heterocycles. The first kappa shape index (κ1) is 9.35. The Balaban J connectivity index is 2.27. The Morgan fingerprint density at radius 1 is 1.17 bits per heavy atom. The van der Waals surface area contributed by atoms with Crippen LogP contribution in [-0.2, 0) is 6.42 Å². The molecule has 0 aliphatic heterocycles. The summed E-state index contributed by atoms with van der Waals surface area (Å²) in [5, 5.41) is 0. The van der Waals surface area contributed by atoms with Crippen LogP contribution in [0.5, 0.6) is 0 Å². The minimum absolute atomic E-state index is 0.972. The van der Waals surface area contributed by atoms with Crippen molar-refractivity contribution in [3.63, 3.8) is 0 Å². The van der Waals surface area contributed by atoms with Crippen molar-refractivity contribution < 1.29 is 0 Å². The van der Waals surface area contributed by atoms with E-state index in [-0.39, 0.29) is 0 Å². The van der Waals surface area contributed by atoms with Crippen molar-refractivity contribution in [2.45, 2.75) is 19.3 Å². The third-order valence-corrected chi connectivity index (χ3v) is 1.96. The molecule has 12 heavy (non-hydrogen) atoms. The molecule has 1 rings (SSSR count). The zero-order valence-electron chi connectivity index (χ0n) is 6.89. The Morgan fingerprint density at radius 2 is 1.92 bits per heavy atom. The standard InChI is InChI=1S/C11H11Br/c12-10-6-2-5-9-11-7-3-1-4-8-11/h1,3-4,7-8H,2,5,9H2. The molecule has 0 radical (unpaired) electrons.